The Labute approximate surface area is 101 Å². The summed E-state index contributed by atoms with van der Waals surface area (Å²) in [6.07, 6.45) is 2.11. The predicted octanol–water partition coefficient (Wildman–Crippen LogP) is 1.33. The maximum atomic E-state index is 12.3. The number of carbonyl (C=O) groups is 1. The van der Waals surface area contributed by atoms with E-state index in [0.717, 1.165) is 37.1 Å². The highest BCUT2D eigenvalue weighted by Crippen LogP contribution is 2.23. The molecule has 1 aromatic rings. The quantitative estimate of drug-likeness (QED) is 0.794. The highest BCUT2D eigenvalue weighted by atomic mass is 16.7. The second kappa shape index (κ2) is 4.47. The summed E-state index contributed by atoms with van der Waals surface area (Å²) < 4.78 is 0. The van der Waals surface area contributed by atoms with E-state index in [1.807, 2.05) is 24.3 Å². The molecule has 1 N–H and O–H groups in total. The number of benzene rings is 1. The van der Waals surface area contributed by atoms with Crippen molar-refractivity contribution in [2.24, 2.45) is 0 Å². The zero-order valence-corrected chi connectivity index (χ0v) is 9.69. The van der Waals surface area contributed by atoms with E-state index in [2.05, 4.69) is 5.32 Å². The van der Waals surface area contributed by atoms with E-state index in [0.29, 0.717) is 6.61 Å². The Morgan fingerprint density at radius 1 is 1.35 bits per heavy atom. The third kappa shape index (κ3) is 1.94. The van der Waals surface area contributed by atoms with E-state index >= 15 is 0 Å². The van der Waals surface area contributed by atoms with Gasteiger partial charge in [0.05, 0.1) is 6.04 Å². The zero-order valence-electron chi connectivity index (χ0n) is 9.69. The highest BCUT2D eigenvalue weighted by Gasteiger charge is 2.31. The molecule has 0 spiro atoms. The molecule has 1 atom stereocenters. The van der Waals surface area contributed by atoms with Gasteiger partial charge in [0.25, 0.3) is 5.91 Å². The molecular weight excluding hydrogens is 216 g/mol. The number of piperidine rings is 1. The molecule has 90 valence electrons. The Hall–Kier alpha value is -1.39. The second-order valence-electron chi connectivity index (χ2n) is 4.56. The number of rotatable bonds is 1. The number of amides is 1. The summed E-state index contributed by atoms with van der Waals surface area (Å²) in [6, 6.07) is 7.84. The van der Waals surface area contributed by atoms with E-state index in [1.165, 1.54) is 0 Å². The monoisotopic (exact) mass is 232 g/mol. The minimum Gasteiger partial charge on any atom is -0.315 e. The lowest BCUT2D eigenvalue weighted by Crippen LogP contribution is -2.50. The first-order chi connectivity index (χ1) is 8.36. The normalized spacial score (nSPS) is 24.6. The molecule has 2 aliphatic heterocycles. The first kappa shape index (κ1) is 10.7. The lowest BCUT2D eigenvalue weighted by Gasteiger charge is -2.36. The number of hydrogen-bond acceptors (Lipinski definition) is 3. The van der Waals surface area contributed by atoms with Crippen LogP contribution in [0.5, 0.6) is 0 Å². The van der Waals surface area contributed by atoms with Crippen molar-refractivity contribution in [3.05, 3.63) is 35.4 Å². The van der Waals surface area contributed by atoms with Crippen molar-refractivity contribution < 1.29 is 9.63 Å². The predicted molar refractivity (Wildman–Crippen MR) is 63.3 cm³/mol. The Balaban J connectivity index is 1.83. The summed E-state index contributed by atoms with van der Waals surface area (Å²) in [7, 11) is 0. The smallest absolute Gasteiger partial charge is 0.278 e. The van der Waals surface area contributed by atoms with Gasteiger partial charge in [-0.2, -0.15) is 0 Å². The van der Waals surface area contributed by atoms with Crippen molar-refractivity contribution in [3.63, 3.8) is 0 Å². The number of nitrogens with zero attached hydrogens (tertiary/aromatic N) is 1. The number of hydrogen-bond donors (Lipinski definition) is 1. The fourth-order valence-corrected chi connectivity index (χ4v) is 2.48. The van der Waals surface area contributed by atoms with Gasteiger partial charge in [0.15, 0.2) is 0 Å². The van der Waals surface area contributed by atoms with Crippen LogP contribution >= 0.6 is 0 Å². The van der Waals surface area contributed by atoms with E-state index < -0.39 is 0 Å². The molecule has 2 heterocycles. The lowest BCUT2D eigenvalue weighted by atomic mass is 10.0. The van der Waals surface area contributed by atoms with Gasteiger partial charge >= 0.3 is 0 Å². The molecule has 1 aromatic carbocycles. The number of hydroxylamine groups is 2. The second-order valence-corrected chi connectivity index (χ2v) is 4.56. The van der Waals surface area contributed by atoms with E-state index in [4.69, 9.17) is 4.84 Å². The van der Waals surface area contributed by atoms with Crippen LogP contribution in [0, 0.1) is 0 Å². The number of carbonyl (C=O) groups excluding carboxylic acids is 1. The van der Waals surface area contributed by atoms with Crippen LogP contribution in [0.15, 0.2) is 24.3 Å². The Kier molecular flexibility index (Phi) is 2.82. The van der Waals surface area contributed by atoms with Crippen LogP contribution < -0.4 is 5.32 Å². The molecule has 0 bridgehead atoms. The fraction of sp³-hybridized carbons (Fsp3) is 0.462. The van der Waals surface area contributed by atoms with Crippen LogP contribution in [0.2, 0.25) is 0 Å². The molecule has 1 saturated heterocycles. The highest BCUT2D eigenvalue weighted by molar-refractivity contribution is 5.95. The first-order valence-electron chi connectivity index (χ1n) is 6.11. The Morgan fingerprint density at radius 2 is 2.24 bits per heavy atom. The van der Waals surface area contributed by atoms with Crippen molar-refractivity contribution in [2.45, 2.75) is 25.5 Å². The third-order valence-electron chi connectivity index (χ3n) is 3.41. The largest absolute Gasteiger partial charge is 0.315 e. The van der Waals surface area contributed by atoms with Crippen LogP contribution in [-0.4, -0.2) is 30.1 Å². The molecule has 17 heavy (non-hydrogen) atoms. The Morgan fingerprint density at radius 3 is 3.06 bits per heavy atom. The van der Waals surface area contributed by atoms with Crippen LogP contribution in [0.3, 0.4) is 0 Å². The lowest BCUT2D eigenvalue weighted by molar-refractivity contribution is -0.167. The molecule has 4 heteroatoms. The molecule has 0 saturated carbocycles. The van der Waals surface area contributed by atoms with Gasteiger partial charge in [-0.1, -0.05) is 18.2 Å². The van der Waals surface area contributed by atoms with Gasteiger partial charge in [-0.3, -0.25) is 9.63 Å². The molecule has 0 radical (unpaired) electrons. The summed E-state index contributed by atoms with van der Waals surface area (Å²) in [5.41, 5.74) is 1.77. The van der Waals surface area contributed by atoms with Gasteiger partial charge in [0.2, 0.25) is 0 Å². The van der Waals surface area contributed by atoms with Crippen LogP contribution in [0.1, 0.15) is 28.8 Å². The summed E-state index contributed by atoms with van der Waals surface area (Å²) in [6.45, 7) is 2.36. The van der Waals surface area contributed by atoms with Crippen molar-refractivity contribution >= 4 is 5.91 Å². The van der Waals surface area contributed by atoms with E-state index in [1.54, 1.807) is 5.06 Å². The zero-order chi connectivity index (χ0) is 11.7. The van der Waals surface area contributed by atoms with E-state index in [9.17, 15) is 4.79 Å². The minimum atomic E-state index is 0.000509. The Bertz CT molecular complexity index is 427. The van der Waals surface area contributed by atoms with Gasteiger partial charge in [-0.05, 0) is 31.0 Å². The average Bonchev–Trinajstić information content (AvgIpc) is 2.40. The molecule has 2 aliphatic rings. The van der Waals surface area contributed by atoms with Crippen molar-refractivity contribution in [2.75, 3.05) is 13.1 Å². The summed E-state index contributed by atoms with van der Waals surface area (Å²) in [5, 5.41) is 4.87. The molecular formula is C13H16N2O2. The van der Waals surface area contributed by atoms with Gasteiger partial charge in [0.1, 0.15) is 6.61 Å². The molecule has 3 rings (SSSR count). The maximum absolute atomic E-state index is 12.3. The summed E-state index contributed by atoms with van der Waals surface area (Å²) in [5.74, 6) is 0.000509. The summed E-state index contributed by atoms with van der Waals surface area (Å²) >= 11 is 0. The standard InChI is InChI=1S/C13H16N2O2/c16-13-12-6-2-1-4-10(12)9-17-15(13)11-5-3-7-14-8-11/h1-2,4,6,11,14H,3,5,7-9H2. The van der Waals surface area contributed by atoms with Gasteiger partial charge in [0, 0.05) is 12.1 Å². The third-order valence-corrected chi connectivity index (χ3v) is 3.41. The summed E-state index contributed by atoms with van der Waals surface area (Å²) in [4.78, 5) is 17.9. The SMILES string of the molecule is O=C1c2ccccc2CON1C1CCCNC1. The molecule has 1 amide bonds. The molecule has 4 nitrogen and oxygen atoms in total. The van der Waals surface area contributed by atoms with E-state index in [-0.39, 0.29) is 11.9 Å². The fourth-order valence-electron chi connectivity index (χ4n) is 2.48. The number of fused-ring (bicyclic) bond motifs is 1. The molecule has 1 unspecified atom stereocenters. The van der Waals surface area contributed by atoms with Crippen LogP contribution in [0.25, 0.3) is 0 Å². The van der Waals surface area contributed by atoms with Crippen molar-refractivity contribution in [3.8, 4) is 0 Å². The van der Waals surface area contributed by atoms with Crippen molar-refractivity contribution in [1.29, 1.82) is 0 Å². The van der Waals surface area contributed by atoms with Crippen molar-refractivity contribution in [1.82, 2.24) is 10.4 Å². The topological polar surface area (TPSA) is 41.6 Å². The molecule has 0 aliphatic carbocycles. The first-order valence-corrected chi connectivity index (χ1v) is 6.11. The average molecular weight is 232 g/mol. The minimum absolute atomic E-state index is 0.000509. The van der Waals surface area contributed by atoms with Gasteiger partial charge in [-0.25, -0.2) is 5.06 Å². The maximum Gasteiger partial charge on any atom is 0.278 e. The van der Waals surface area contributed by atoms with Crippen LogP contribution in [-0.2, 0) is 11.4 Å². The van der Waals surface area contributed by atoms with Gasteiger partial charge < -0.3 is 5.32 Å². The number of nitrogens with one attached hydrogen (secondary N) is 1. The van der Waals surface area contributed by atoms with Crippen LogP contribution in [0.4, 0.5) is 0 Å². The molecule has 1 fully saturated rings. The van der Waals surface area contributed by atoms with Gasteiger partial charge in [-0.15, -0.1) is 0 Å². The molecule has 0 aromatic heterocycles.